The van der Waals surface area contributed by atoms with Crippen molar-refractivity contribution in [1.82, 2.24) is 5.32 Å². The van der Waals surface area contributed by atoms with Gasteiger partial charge in [-0.25, -0.2) is 4.79 Å². The summed E-state index contributed by atoms with van der Waals surface area (Å²) in [5.74, 6) is -0.164. The number of ketones is 1. The standard InChI is InChI=1S/C23H20N2O3/c24-21-8-4-7-19-18-10-9-16(11-17(18)12-20(19)21)22(26)13-25-23(27)28-14-15-5-2-1-3-6-15/h1-11H,12-14,24H2,(H,25,27). The van der Waals surface area contributed by atoms with Gasteiger partial charge in [0.15, 0.2) is 5.78 Å². The number of rotatable bonds is 5. The number of anilines is 1. The first-order chi connectivity index (χ1) is 13.6. The van der Waals surface area contributed by atoms with Crippen LogP contribution in [0.2, 0.25) is 0 Å². The Morgan fingerprint density at radius 2 is 1.79 bits per heavy atom. The number of hydrogen-bond acceptors (Lipinski definition) is 4. The smallest absolute Gasteiger partial charge is 0.407 e. The summed E-state index contributed by atoms with van der Waals surface area (Å²) in [6.07, 6.45) is 0.101. The zero-order chi connectivity index (χ0) is 19.5. The molecule has 3 N–H and O–H groups in total. The molecule has 0 radical (unpaired) electrons. The van der Waals surface area contributed by atoms with Crippen LogP contribution >= 0.6 is 0 Å². The van der Waals surface area contributed by atoms with Crippen molar-refractivity contribution in [2.75, 3.05) is 12.3 Å². The zero-order valence-electron chi connectivity index (χ0n) is 15.3. The molecule has 1 amide bonds. The van der Waals surface area contributed by atoms with Crippen LogP contribution in [0.15, 0.2) is 66.7 Å². The number of amides is 1. The van der Waals surface area contributed by atoms with Crippen LogP contribution < -0.4 is 11.1 Å². The number of nitrogens with two attached hydrogens (primary N) is 1. The van der Waals surface area contributed by atoms with E-state index in [1.807, 2.05) is 60.7 Å². The van der Waals surface area contributed by atoms with Crippen LogP contribution in [-0.2, 0) is 17.8 Å². The minimum absolute atomic E-state index is 0.110. The SMILES string of the molecule is Nc1cccc2c1Cc1cc(C(=O)CNC(=O)OCc3ccccc3)ccc1-2. The summed E-state index contributed by atoms with van der Waals surface area (Å²) in [5, 5.41) is 2.51. The number of benzene rings is 3. The molecule has 5 nitrogen and oxygen atoms in total. The Kier molecular flexibility index (Phi) is 4.81. The first kappa shape index (κ1) is 17.8. The molecule has 5 heteroatoms. The number of fused-ring (bicyclic) bond motifs is 3. The molecule has 0 saturated carbocycles. The number of nitrogens with one attached hydrogen (secondary N) is 1. The first-order valence-corrected chi connectivity index (χ1v) is 9.10. The Hall–Kier alpha value is -3.60. The van der Waals surface area contributed by atoms with Crippen molar-refractivity contribution in [1.29, 1.82) is 0 Å². The molecule has 0 unspecified atom stereocenters. The van der Waals surface area contributed by atoms with Crippen LogP contribution in [0.4, 0.5) is 10.5 Å². The molecular weight excluding hydrogens is 352 g/mol. The number of Topliss-reactive ketones (excluding diaryl/α,β-unsaturated/α-hetero) is 1. The monoisotopic (exact) mass is 372 g/mol. The molecule has 3 aromatic carbocycles. The van der Waals surface area contributed by atoms with Crippen LogP contribution in [0.1, 0.15) is 27.0 Å². The van der Waals surface area contributed by atoms with E-state index in [-0.39, 0.29) is 18.9 Å². The lowest BCUT2D eigenvalue weighted by Gasteiger charge is -2.08. The fourth-order valence-corrected chi connectivity index (χ4v) is 3.45. The largest absolute Gasteiger partial charge is 0.445 e. The third-order valence-corrected chi connectivity index (χ3v) is 4.90. The number of carbonyl (C=O) groups is 2. The van der Waals surface area contributed by atoms with Crippen LogP contribution in [-0.4, -0.2) is 18.4 Å². The number of nitrogen functional groups attached to an aromatic ring is 1. The van der Waals surface area contributed by atoms with Crippen molar-refractivity contribution in [3.8, 4) is 11.1 Å². The first-order valence-electron chi connectivity index (χ1n) is 9.10. The molecule has 28 heavy (non-hydrogen) atoms. The summed E-state index contributed by atoms with van der Waals surface area (Å²) in [6.45, 7) is 0.0564. The highest BCUT2D eigenvalue weighted by Crippen LogP contribution is 2.39. The minimum atomic E-state index is -0.612. The van der Waals surface area contributed by atoms with E-state index in [9.17, 15) is 9.59 Å². The molecule has 0 saturated heterocycles. The summed E-state index contributed by atoms with van der Waals surface area (Å²) >= 11 is 0. The van der Waals surface area contributed by atoms with Gasteiger partial charge in [-0.2, -0.15) is 0 Å². The van der Waals surface area contributed by atoms with Crippen LogP contribution in [0, 0.1) is 0 Å². The van der Waals surface area contributed by atoms with Gasteiger partial charge in [-0.1, -0.05) is 54.6 Å². The Morgan fingerprint density at radius 1 is 0.964 bits per heavy atom. The lowest BCUT2D eigenvalue weighted by Crippen LogP contribution is -2.30. The van der Waals surface area contributed by atoms with Gasteiger partial charge in [0, 0.05) is 17.7 Å². The van der Waals surface area contributed by atoms with E-state index in [1.54, 1.807) is 6.07 Å². The number of alkyl carbamates (subject to hydrolysis) is 1. The lowest BCUT2D eigenvalue weighted by atomic mass is 10.0. The zero-order valence-corrected chi connectivity index (χ0v) is 15.3. The summed E-state index contributed by atoms with van der Waals surface area (Å²) in [4.78, 5) is 24.3. The fraction of sp³-hybridized carbons (Fsp3) is 0.130. The van der Waals surface area contributed by atoms with Crippen molar-refractivity contribution >= 4 is 17.6 Å². The fourth-order valence-electron chi connectivity index (χ4n) is 3.45. The normalized spacial score (nSPS) is 11.4. The topological polar surface area (TPSA) is 81.4 Å². The number of carbonyl (C=O) groups excluding carboxylic acids is 2. The summed E-state index contributed by atoms with van der Waals surface area (Å²) in [5.41, 5.74) is 12.7. The Labute approximate surface area is 163 Å². The van der Waals surface area contributed by atoms with Crippen molar-refractivity contribution in [2.24, 2.45) is 0 Å². The number of hydrogen-bond donors (Lipinski definition) is 2. The molecule has 0 heterocycles. The van der Waals surface area contributed by atoms with E-state index in [1.165, 1.54) is 0 Å². The molecule has 0 spiro atoms. The van der Waals surface area contributed by atoms with Gasteiger partial charge >= 0.3 is 6.09 Å². The molecule has 0 aliphatic heterocycles. The molecule has 0 atom stereocenters. The highest BCUT2D eigenvalue weighted by atomic mass is 16.5. The molecule has 0 bridgehead atoms. The highest BCUT2D eigenvalue weighted by Gasteiger charge is 2.21. The molecule has 1 aliphatic carbocycles. The van der Waals surface area contributed by atoms with Crippen molar-refractivity contribution in [3.63, 3.8) is 0 Å². The quantitative estimate of drug-likeness (QED) is 0.411. The van der Waals surface area contributed by atoms with E-state index in [4.69, 9.17) is 10.5 Å². The molecule has 0 fully saturated rings. The van der Waals surface area contributed by atoms with E-state index in [0.29, 0.717) is 12.0 Å². The van der Waals surface area contributed by atoms with E-state index < -0.39 is 6.09 Å². The van der Waals surface area contributed by atoms with Gasteiger partial charge in [-0.15, -0.1) is 0 Å². The van der Waals surface area contributed by atoms with Gasteiger partial charge in [0.25, 0.3) is 0 Å². The van der Waals surface area contributed by atoms with Crippen LogP contribution in [0.25, 0.3) is 11.1 Å². The van der Waals surface area contributed by atoms with Gasteiger partial charge in [0.1, 0.15) is 6.61 Å². The molecule has 0 aromatic heterocycles. The third-order valence-electron chi connectivity index (χ3n) is 4.90. The Balaban J connectivity index is 1.36. The van der Waals surface area contributed by atoms with Crippen LogP contribution in [0.3, 0.4) is 0 Å². The third kappa shape index (κ3) is 3.60. The predicted octanol–water partition coefficient (Wildman–Crippen LogP) is 3.95. The molecule has 3 aromatic rings. The van der Waals surface area contributed by atoms with E-state index in [2.05, 4.69) is 5.32 Å². The van der Waals surface area contributed by atoms with Gasteiger partial charge in [0.2, 0.25) is 0 Å². The maximum absolute atomic E-state index is 12.5. The predicted molar refractivity (Wildman–Crippen MR) is 108 cm³/mol. The van der Waals surface area contributed by atoms with Gasteiger partial charge in [-0.3, -0.25) is 4.79 Å². The van der Waals surface area contributed by atoms with Crippen molar-refractivity contribution in [2.45, 2.75) is 13.0 Å². The maximum atomic E-state index is 12.5. The average Bonchev–Trinajstić information content (AvgIpc) is 3.10. The van der Waals surface area contributed by atoms with E-state index in [0.717, 1.165) is 33.5 Å². The second-order valence-corrected chi connectivity index (χ2v) is 6.76. The van der Waals surface area contributed by atoms with Gasteiger partial charge in [0.05, 0.1) is 6.54 Å². The highest BCUT2D eigenvalue weighted by molar-refractivity contribution is 6.00. The molecule has 4 rings (SSSR count). The van der Waals surface area contributed by atoms with Crippen LogP contribution in [0.5, 0.6) is 0 Å². The summed E-state index contributed by atoms with van der Waals surface area (Å²) < 4.78 is 5.13. The average molecular weight is 372 g/mol. The number of ether oxygens (including phenoxy) is 1. The summed E-state index contributed by atoms with van der Waals surface area (Å²) in [7, 11) is 0. The summed E-state index contributed by atoms with van der Waals surface area (Å²) in [6, 6.07) is 20.9. The second-order valence-electron chi connectivity index (χ2n) is 6.76. The lowest BCUT2D eigenvalue weighted by molar-refractivity contribution is 0.0974. The van der Waals surface area contributed by atoms with Gasteiger partial charge < -0.3 is 15.8 Å². The molecule has 140 valence electrons. The second kappa shape index (κ2) is 7.56. The van der Waals surface area contributed by atoms with Crippen molar-refractivity contribution < 1.29 is 14.3 Å². The Morgan fingerprint density at radius 3 is 2.61 bits per heavy atom. The Bertz CT molecular complexity index is 1040. The molecular formula is C23H20N2O3. The van der Waals surface area contributed by atoms with Gasteiger partial charge in [-0.05, 0) is 39.9 Å². The molecule has 1 aliphatic rings. The van der Waals surface area contributed by atoms with Crippen molar-refractivity contribution in [3.05, 3.63) is 89.0 Å². The minimum Gasteiger partial charge on any atom is -0.445 e. The van der Waals surface area contributed by atoms with E-state index >= 15 is 0 Å². The maximum Gasteiger partial charge on any atom is 0.407 e.